The smallest absolute Gasteiger partial charge is 0.401 e. The van der Waals surface area contributed by atoms with E-state index in [1.807, 2.05) is 24.3 Å². The van der Waals surface area contributed by atoms with E-state index in [4.69, 9.17) is 4.74 Å². The lowest BCUT2D eigenvalue weighted by atomic mass is 10.2. The summed E-state index contributed by atoms with van der Waals surface area (Å²) in [6, 6.07) is 7.57. The highest BCUT2D eigenvalue weighted by Crippen LogP contribution is 2.28. The molecule has 1 heterocycles. The second-order valence-electron chi connectivity index (χ2n) is 4.55. The van der Waals surface area contributed by atoms with Crippen molar-refractivity contribution in [1.82, 2.24) is 4.90 Å². The van der Waals surface area contributed by atoms with Crippen molar-refractivity contribution in [3.05, 3.63) is 24.3 Å². The summed E-state index contributed by atoms with van der Waals surface area (Å²) in [6.07, 6.45) is -4.12. The maximum absolute atomic E-state index is 12.3. The first kappa shape index (κ1) is 14.0. The van der Waals surface area contributed by atoms with Crippen LogP contribution in [-0.2, 0) is 0 Å². The van der Waals surface area contributed by atoms with Crippen LogP contribution in [0.1, 0.15) is 0 Å². The molecule has 1 aliphatic heterocycles. The first-order valence-electron chi connectivity index (χ1n) is 6.16. The Labute approximate surface area is 110 Å². The molecule has 1 aromatic carbocycles. The molecule has 19 heavy (non-hydrogen) atoms. The topological polar surface area (TPSA) is 15.7 Å². The van der Waals surface area contributed by atoms with E-state index in [9.17, 15) is 13.2 Å². The van der Waals surface area contributed by atoms with Gasteiger partial charge >= 0.3 is 6.18 Å². The number of benzene rings is 1. The Balaban J connectivity index is 1.96. The second kappa shape index (κ2) is 5.69. The summed E-state index contributed by atoms with van der Waals surface area (Å²) in [6.45, 7) is 1.16. The zero-order valence-electron chi connectivity index (χ0n) is 10.8. The summed E-state index contributed by atoms with van der Waals surface area (Å²) < 4.78 is 42.2. The standard InChI is InChI=1S/C13H17F3N2O/c1-19-12-5-3-2-4-11(12)18-8-6-17(7-9-18)10-13(14,15)16/h2-5H,6-10H2,1H3. The fourth-order valence-electron chi connectivity index (χ4n) is 2.29. The number of rotatable bonds is 3. The van der Waals surface area contributed by atoms with Crippen LogP contribution in [0.4, 0.5) is 18.9 Å². The largest absolute Gasteiger partial charge is 0.495 e. The van der Waals surface area contributed by atoms with E-state index < -0.39 is 12.7 Å². The Kier molecular flexibility index (Phi) is 4.19. The minimum absolute atomic E-state index is 0.414. The molecule has 0 N–H and O–H groups in total. The van der Waals surface area contributed by atoms with Gasteiger partial charge in [-0.2, -0.15) is 13.2 Å². The Hall–Kier alpha value is -1.43. The van der Waals surface area contributed by atoms with E-state index in [1.54, 1.807) is 7.11 Å². The van der Waals surface area contributed by atoms with E-state index in [0.717, 1.165) is 11.4 Å². The van der Waals surface area contributed by atoms with Crippen LogP contribution >= 0.6 is 0 Å². The molecule has 3 nitrogen and oxygen atoms in total. The number of hydrogen-bond acceptors (Lipinski definition) is 3. The molecule has 1 fully saturated rings. The van der Waals surface area contributed by atoms with Gasteiger partial charge in [0.2, 0.25) is 0 Å². The molecule has 0 aromatic heterocycles. The molecule has 0 radical (unpaired) electrons. The van der Waals surface area contributed by atoms with Crippen LogP contribution in [0.3, 0.4) is 0 Å². The summed E-state index contributed by atoms with van der Waals surface area (Å²) in [5, 5.41) is 0. The molecule has 1 aliphatic rings. The third-order valence-electron chi connectivity index (χ3n) is 3.20. The number of anilines is 1. The van der Waals surface area contributed by atoms with Crippen molar-refractivity contribution in [2.24, 2.45) is 0 Å². The van der Waals surface area contributed by atoms with Crippen LogP contribution in [0.25, 0.3) is 0 Å². The predicted molar refractivity (Wildman–Crippen MR) is 67.7 cm³/mol. The van der Waals surface area contributed by atoms with E-state index in [2.05, 4.69) is 4.90 Å². The number of alkyl halides is 3. The fourth-order valence-corrected chi connectivity index (χ4v) is 2.29. The van der Waals surface area contributed by atoms with Gasteiger partial charge in [0.1, 0.15) is 5.75 Å². The Morgan fingerprint density at radius 1 is 1.11 bits per heavy atom. The maximum atomic E-state index is 12.3. The average Bonchev–Trinajstić information content (AvgIpc) is 2.38. The Morgan fingerprint density at radius 3 is 2.32 bits per heavy atom. The molecule has 0 saturated carbocycles. The molecule has 0 bridgehead atoms. The molecule has 0 spiro atoms. The fraction of sp³-hybridized carbons (Fsp3) is 0.538. The van der Waals surface area contributed by atoms with Gasteiger partial charge in [-0.05, 0) is 12.1 Å². The minimum atomic E-state index is -4.12. The first-order valence-corrected chi connectivity index (χ1v) is 6.16. The van der Waals surface area contributed by atoms with E-state index in [-0.39, 0.29) is 0 Å². The quantitative estimate of drug-likeness (QED) is 0.841. The summed E-state index contributed by atoms with van der Waals surface area (Å²) in [4.78, 5) is 3.50. The molecular formula is C13H17F3N2O. The second-order valence-corrected chi connectivity index (χ2v) is 4.55. The van der Waals surface area contributed by atoms with Crippen LogP contribution in [0.2, 0.25) is 0 Å². The van der Waals surface area contributed by atoms with E-state index >= 15 is 0 Å². The highest BCUT2D eigenvalue weighted by Gasteiger charge is 2.32. The molecule has 1 saturated heterocycles. The molecule has 0 unspecified atom stereocenters. The molecule has 0 atom stereocenters. The zero-order chi connectivity index (χ0) is 13.9. The monoisotopic (exact) mass is 274 g/mol. The van der Waals surface area contributed by atoms with Gasteiger partial charge in [0.05, 0.1) is 19.3 Å². The van der Waals surface area contributed by atoms with Gasteiger partial charge in [-0.1, -0.05) is 12.1 Å². The molecule has 1 aromatic rings. The highest BCUT2D eigenvalue weighted by atomic mass is 19.4. The lowest BCUT2D eigenvalue weighted by Crippen LogP contribution is -2.49. The van der Waals surface area contributed by atoms with Crippen molar-refractivity contribution in [3.63, 3.8) is 0 Å². The van der Waals surface area contributed by atoms with E-state index in [0.29, 0.717) is 26.2 Å². The third-order valence-corrected chi connectivity index (χ3v) is 3.20. The van der Waals surface area contributed by atoms with Gasteiger partial charge in [0.15, 0.2) is 0 Å². The lowest BCUT2D eigenvalue weighted by molar-refractivity contribution is -0.146. The number of methoxy groups -OCH3 is 1. The first-order chi connectivity index (χ1) is 8.99. The van der Waals surface area contributed by atoms with Gasteiger partial charge in [-0.15, -0.1) is 0 Å². The summed E-state index contributed by atoms with van der Waals surface area (Å²) in [5.41, 5.74) is 0.941. The lowest BCUT2D eigenvalue weighted by Gasteiger charge is -2.36. The van der Waals surface area contributed by atoms with Crippen molar-refractivity contribution in [2.75, 3.05) is 44.7 Å². The van der Waals surface area contributed by atoms with Crippen LogP contribution in [0.15, 0.2) is 24.3 Å². The number of nitrogens with zero attached hydrogens (tertiary/aromatic N) is 2. The SMILES string of the molecule is COc1ccccc1N1CCN(CC(F)(F)F)CC1. The molecular weight excluding hydrogens is 257 g/mol. The summed E-state index contributed by atoms with van der Waals surface area (Å²) in [7, 11) is 1.60. The van der Waals surface area contributed by atoms with Crippen molar-refractivity contribution in [1.29, 1.82) is 0 Å². The molecule has 0 aliphatic carbocycles. The average molecular weight is 274 g/mol. The van der Waals surface area contributed by atoms with Crippen molar-refractivity contribution in [3.8, 4) is 5.75 Å². The number of para-hydroxylation sites is 2. The van der Waals surface area contributed by atoms with Crippen LogP contribution in [-0.4, -0.2) is 50.9 Å². The Morgan fingerprint density at radius 2 is 1.74 bits per heavy atom. The summed E-state index contributed by atoms with van der Waals surface area (Å²) in [5.74, 6) is 0.756. The van der Waals surface area contributed by atoms with Gasteiger partial charge in [0.25, 0.3) is 0 Å². The number of ether oxygens (including phenoxy) is 1. The minimum Gasteiger partial charge on any atom is -0.495 e. The van der Waals surface area contributed by atoms with Crippen LogP contribution in [0.5, 0.6) is 5.75 Å². The van der Waals surface area contributed by atoms with Crippen LogP contribution < -0.4 is 9.64 Å². The third kappa shape index (κ3) is 3.76. The molecule has 0 amide bonds. The van der Waals surface area contributed by atoms with Gasteiger partial charge < -0.3 is 9.64 Å². The van der Waals surface area contributed by atoms with E-state index in [1.165, 1.54) is 4.90 Å². The van der Waals surface area contributed by atoms with Crippen molar-refractivity contribution >= 4 is 5.69 Å². The highest BCUT2D eigenvalue weighted by molar-refractivity contribution is 5.58. The normalized spacial score (nSPS) is 17.6. The van der Waals surface area contributed by atoms with Gasteiger partial charge in [-0.25, -0.2) is 0 Å². The van der Waals surface area contributed by atoms with Gasteiger partial charge in [0, 0.05) is 26.2 Å². The molecule has 106 valence electrons. The van der Waals surface area contributed by atoms with Crippen LogP contribution in [0, 0.1) is 0 Å². The number of hydrogen-bond donors (Lipinski definition) is 0. The maximum Gasteiger partial charge on any atom is 0.401 e. The molecule has 2 rings (SSSR count). The zero-order valence-corrected chi connectivity index (χ0v) is 10.8. The molecule has 6 heteroatoms. The Bertz CT molecular complexity index is 415. The number of halogens is 3. The number of piperazine rings is 1. The van der Waals surface area contributed by atoms with Crippen molar-refractivity contribution < 1.29 is 17.9 Å². The van der Waals surface area contributed by atoms with Gasteiger partial charge in [-0.3, -0.25) is 4.90 Å². The van der Waals surface area contributed by atoms with Crippen molar-refractivity contribution in [2.45, 2.75) is 6.18 Å². The predicted octanol–water partition coefficient (Wildman–Crippen LogP) is 2.38. The summed E-state index contributed by atoms with van der Waals surface area (Å²) >= 11 is 0.